The van der Waals surface area contributed by atoms with E-state index in [-0.39, 0.29) is 18.8 Å². The first-order valence-corrected chi connectivity index (χ1v) is 10.0. The number of nitrogens with zero attached hydrogens (tertiary/aromatic N) is 3. The molecule has 9 nitrogen and oxygen atoms in total. The van der Waals surface area contributed by atoms with Crippen LogP contribution in [0, 0.1) is 0 Å². The van der Waals surface area contributed by atoms with E-state index < -0.39 is 5.97 Å². The molecule has 0 radical (unpaired) electrons. The minimum Gasteiger partial charge on any atom is -0.467 e. The van der Waals surface area contributed by atoms with Crippen molar-refractivity contribution >= 4 is 40.0 Å². The van der Waals surface area contributed by atoms with Crippen LogP contribution in [0.15, 0.2) is 53.7 Å². The Morgan fingerprint density at radius 1 is 1.22 bits per heavy atom. The maximum Gasteiger partial charge on any atom is 0.331 e. The number of ether oxygens (including phenoxy) is 2. The smallest absolute Gasteiger partial charge is 0.331 e. The zero-order valence-electron chi connectivity index (χ0n) is 17.4. The van der Waals surface area contributed by atoms with E-state index in [2.05, 4.69) is 25.1 Å². The van der Waals surface area contributed by atoms with Gasteiger partial charge in [0.2, 0.25) is 0 Å². The van der Waals surface area contributed by atoms with Gasteiger partial charge < -0.3 is 19.9 Å². The predicted octanol–water partition coefficient (Wildman–Crippen LogP) is 3.41. The van der Waals surface area contributed by atoms with Crippen molar-refractivity contribution in [2.45, 2.75) is 6.61 Å². The lowest BCUT2D eigenvalue weighted by atomic mass is 10.1. The summed E-state index contributed by atoms with van der Waals surface area (Å²) in [5.41, 5.74) is 3.32. The molecule has 2 aromatic carbocycles. The summed E-state index contributed by atoms with van der Waals surface area (Å²) in [6.45, 7) is 0.00620. The molecular weight excluding hydrogens is 434 g/mol. The SMILES string of the molecule is COC(=O)COCc1ccc(Cl)cc1Nc1ncnc2ccc(-c3c[nH]n(C)c3=O)cc12. The van der Waals surface area contributed by atoms with Crippen molar-refractivity contribution in [2.24, 2.45) is 7.05 Å². The average molecular weight is 454 g/mol. The van der Waals surface area contributed by atoms with Gasteiger partial charge in [-0.25, -0.2) is 14.8 Å². The summed E-state index contributed by atoms with van der Waals surface area (Å²) in [5.74, 6) is 0.0828. The molecular formula is C22H20ClN5O4. The van der Waals surface area contributed by atoms with Crippen molar-refractivity contribution in [1.82, 2.24) is 19.7 Å². The van der Waals surface area contributed by atoms with E-state index in [1.807, 2.05) is 18.2 Å². The molecule has 32 heavy (non-hydrogen) atoms. The average Bonchev–Trinajstić information content (AvgIpc) is 3.13. The Labute approximate surface area is 188 Å². The fraction of sp³-hybridized carbons (Fsp3) is 0.182. The molecule has 0 fully saturated rings. The fourth-order valence-corrected chi connectivity index (χ4v) is 3.39. The second-order valence-corrected chi connectivity index (χ2v) is 7.44. The van der Waals surface area contributed by atoms with Gasteiger partial charge in [-0.1, -0.05) is 23.7 Å². The number of H-pyrrole nitrogens is 1. The van der Waals surface area contributed by atoms with Gasteiger partial charge in [-0.15, -0.1) is 0 Å². The first-order valence-electron chi connectivity index (χ1n) is 9.66. The van der Waals surface area contributed by atoms with Crippen LogP contribution in [-0.4, -0.2) is 39.4 Å². The summed E-state index contributed by atoms with van der Waals surface area (Å²) < 4.78 is 11.4. The number of hydrogen-bond donors (Lipinski definition) is 2. The van der Waals surface area contributed by atoms with Gasteiger partial charge in [0.25, 0.3) is 5.56 Å². The highest BCUT2D eigenvalue weighted by molar-refractivity contribution is 6.30. The van der Waals surface area contributed by atoms with Crippen molar-refractivity contribution in [3.63, 3.8) is 0 Å². The number of benzene rings is 2. The van der Waals surface area contributed by atoms with Crippen LogP contribution in [0.5, 0.6) is 0 Å². The highest BCUT2D eigenvalue weighted by atomic mass is 35.5. The number of carbonyl (C=O) groups is 1. The van der Waals surface area contributed by atoms with Crippen LogP contribution in [0.3, 0.4) is 0 Å². The Bertz CT molecular complexity index is 1350. The lowest BCUT2D eigenvalue weighted by Gasteiger charge is -2.14. The molecule has 0 saturated heterocycles. The molecule has 0 aliphatic carbocycles. The van der Waals surface area contributed by atoms with Gasteiger partial charge >= 0.3 is 5.97 Å². The molecule has 0 atom stereocenters. The van der Waals surface area contributed by atoms with E-state index in [1.54, 1.807) is 31.4 Å². The van der Waals surface area contributed by atoms with E-state index in [1.165, 1.54) is 18.1 Å². The molecule has 0 aliphatic rings. The van der Waals surface area contributed by atoms with Crippen molar-refractivity contribution < 1.29 is 14.3 Å². The Balaban J connectivity index is 1.69. The number of aromatic amines is 1. The van der Waals surface area contributed by atoms with E-state index >= 15 is 0 Å². The Morgan fingerprint density at radius 2 is 2.06 bits per heavy atom. The van der Waals surface area contributed by atoms with Crippen LogP contribution in [0.25, 0.3) is 22.0 Å². The molecule has 4 aromatic rings. The van der Waals surface area contributed by atoms with Crippen molar-refractivity contribution in [2.75, 3.05) is 19.0 Å². The van der Waals surface area contributed by atoms with Gasteiger partial charge in [-0.3, -0.25) is 9.48 Å². The molecule has 0 spiro atoms. The number of fused-ring (bicyclic) bond motifs is 1. The number of methoxy groups -OCH3 is 1. The van der Waals surface area contributed by atoms with Gasteiger partial charge in [0.05, 0.1) is 24.8 Å². The van der Waals surface area contributed by atoms with Gasteiger partial charge in [0.15, 0.2) is 0 Å². The summed E-state index contributed by atoms with van der Waals surface area (Å²) in [7, 11) is 2.96. The summed E-state index contributed by atoms with van der Waals surface area (Å²) in [5, 5.41) is 7.42. The number of esters is 1. The summed E-state index contributed by atoms with van der Waals surface area (Å²) in [6.07, 6.45) is 3.12. The largest absolute Gasteiger partial charge is 0.467 e. The second-order valence-electron chi connectivity index (χ2n) is 7.00. The third-order valence-corrected chi connectivity index (χ3v) is 5.15. The van der Waals surface area contributed by atoms with Crippen LogP contribution in [0.1, 0.15) is 5.56 Å². The Morgan fingerprint density at radius 3 is 2.81 bits per heavy atom. The normalized spacial score (nSPS) is 11.0. The molecule has 0 aliphatic heterocycles. The number of aryl methyl sites for hydroxylation is 1. The second kappa shape index (κ2) is 9.21. The highest BCUT2D eigenvalue weighted by Gasteiger charge is 2.12. The van der Waals surface area contributed by atoms with E-state index in [9.17, 15) is 9.59 Å². The lowest BCUT2D eigenvalue weighted by molar-refractivity contribution is -0.146. The van der Waals surface area contributed by atoms with Crippen LogP contribution >= 0.6 is 11.6 Å². The number of halogens is 1. The maximum absolute atomic E-state index is 12.4. The number of carbonyl (C=O) groups excluding carboxylic acids is 1. The molecule has 2 N–H and O–H groups in total. The van der Waals surface area contributed by atoms with E-state index in [0.29, 0.717) is 27.6 Å². The van der Waals surface area contributed by atoms with Gasteiger partial charge in [-0.2, -0.15) is 0 Å². The summed E-state index contributed by atoms with van der Waals surface area (Å²) in [6, 6.07) is 10.8. The molecule has 0 amide bonds. The quantitative estimate of drug-likeness (QED) is 0.412. The minimum atomic E-state index is -0.460. The lowest BCUT2D eigenvalue weighted by Crippen LogP contribution is -2.13. The fourth-order valence-electron chi connectivity index (χ4n) is 3.21. The van der Waals surface area contributed by atoms with Gasteiger partial charge in [-0.05, 0) is 29.8 Å². The molecule has 4 rings (SSSR count). The number of aromatic nitrogens is 4. The number of rotatable bonds is 7. The standard InChI is InChI=1S/C22H20ClN5O4/c1-28-22(30)17(9-26-28)13-4-6-18-16(7-13)21(25-12-24-18)27-19-8-15(23)5-3-14(19)10-32-11-20(29)31-2/h3-9,12,26H,10-11H2,1-2H3,(H,24,25,27). The maximum atomic E-state index is 12.4. The molecule has 164 valence electrons. The summed E-state index contributed by atoms with van der Waals surface area (Å²) >= 11 is 6.21. The van der Waals surface area contributed by atoms with Crippen molar-refractivity contribution in [3.05, 3.63) is 69.9 Å². The molecule has 10 heteroatoms. The van der Waals surface area contributed by atoms with E-state index in [4.69, 9.17) is 16.3 Å². The van der Waals surface area contributed by atoms with Crippen LogP contribution in [0.4, 0.5) is 11.5 Å². The first-order chi connectivity index (χ1) is 15.5. The van der Waals surface area contributed by atoms with Crippen LogP contribution in [0.2, 0.25) is 5.02 Å². The zero-order valence-corrected chi connectivity index (χ0v) is 18.1. The topological polar surface area (TPSA) is 111 Å². The van der Waals surface area contributed by atoms with Crippen molar-refractivity contribution in [3.8, 4) is 11.1 Å². The molecule has 2 aromatic heterocycles. The number of anilines is 2. The predicted molar refractivity (Wildman–Crippen MR) is 121 cm³/mol. The van der Waals surface area contributed by atoms with Crippen molar-refractivity contribution in [1.29, 1.82) is 0 Å². The monoisotopic (exact) mass is 453 g/mol. The van der Waals surface area contributed by atoms with Crippen LogP contribution < -0.4 is 10.9 Å². The van der Waals surface area contributed by atoms with Gasteiger partial charge in [0, 0.05) is 34.9 Å². The first kappa shape index (κ1) is 21.5. The highest BCUT2D eigenvalue weighted by Crippen LogP contribution is 2.30. The molecule has 0 unspecified atom stereocenters. The molecule has 2 heterocycles. The van der Waals surface area contributed by atoms with E-state index in [0.717, 1.165) is 16.5 Å². The third kappa shape index (κ3) is 4.48. The molecule has 0 bridgehead atoms. The Kier molecular flexibility index (Phi) is 6.20. The third-order valence-electron chi connectivity index (χ3n) is 4.91. The molecule has 0 saturated carbocycles. The number of hydrogen-bond acceptors (Lipinski definition) is 7. The number of nitrogens with one attached hydrogen (secondary N) is 2. The minimum absolute atomic E-state index is 0.129. The Hall–Kier alpha value is -3.69. The zero-order chi connectivity index (χ0) is 22.7. The summed E-state index contributed by atoms with van der Waals surface area (Å²) in [4.78, 5) is 32.4. The van der Waals surface area contributed by atoms with Crippen LogP contribution in [-0.2, 0) is 27.9 Å². The van der Waals surface area contributed by atoms with Gasteiger partial charge in [0.1, 0.15) is 18.8 Å².